The molecule has 0 unspecified atom stereocenters. The number of anilines is 2. The molecule has 2 aromatic rings. The zero-order valence-corrected chi connectivity index (χ0v) is 13.2. The van der Waals surface area contributed by atoms with Crippen LogP contribution in [-0.2, 0) is 11.3 Å². The summed E-state index contributed by atoms with van der Waals surface area (Å²) in [4.78, 5) is 20.6. The minimum atomic E-state index is -0.286. The molecule has 3 heterocycles. The second-order valence-corrected chi connectivity index (χ2v) is 5.77. The molecule has 1 amide bonds. The lowest BCUT2D eigenvalue weighted by atomic mass is 10.2. The summed E-state index contributed by atoms with van der Waals surface area (Å²) in [6, 6.07) is 13.6. The topological polar surface area (TPSA) is 57.7 Å². The molecule has 1 saturated heterocycles. The van der Waals surface area contributed by atoms with E-state index in [0.29, 0.717) is 26.2 Å². The molecule has 1 N–H and O–H groups in total. The van der Waals surface area contributed by atoms with Crippen LogP contribution in [0.1, 0.15) is 5.56 Å². The van der Waals surface area contributed by atoms with Gasteiger partial charge in [0.1, 0.15) is 6.61 Å². The van der Waals surface area contributed by atoms with Crippen molar-refractivity contribution >= 4 is 17.6 Å². The third-order valence-corrected chi connectivity index (χ3v) is 4.19. The van der Waals surface area contributed by atoms with Gasteiger partial charge >= 0.3 is 6.09 Å². The van der Waals surface area contributed by atoms with E-state index < -0.39 is 0 Å². The molecular weight excluding hydrogens is 304 g/mol. The highest BCUT2D eigenvalue weighted by atomic mass is 16.6. The minimum Gasteiger partial charge on any atom is -0.445 e. The Hall–Kier alpha value is -3.02. The van der Waals surface area contributed by atoms with Crippen molar-refractivity contribution < 1.29 is 9.53 Å². The lowest BCUT2D eigenvalue weighted by Gasteiger charge is -2.39. The Kier molecular flexibility index (Phi) is 3.78. The highest BCUT2D eigenvalue weighted by Gasteiger charge is 2.30. The van der Waals surface area contributed by atoms with Crippen molar-refractivity contribution in [2.45, 2.75) is 6.61 Å². The first-order valence-electron chi connectivity index (χ1n) is 7.95. The summed E-state index contributed by atoms with van der Waals surface area (Å²) in [6.45, 7) is 2.12. The predicted molar refractivity (Wildman–Crippen MR) is 91.5 cm³/mol. The van der Waals surface area contributed by atoms with Crippen LogP contribution in [0.5, 0.6) is 0 Å². The molecule has 6 nitrogen and oxygen atoms in total. The number of nitrogens with zero attached hydrogens (tertiary/aromatic N) is 3. The molecule has 0 atom stereocenters. The number of rotatable bonds is 2. The fraction of sp³-hybridized carbons (Fsp3) is 0.222. The van der Waals surface area contributed by atoms with Gasteiger partial charge in [0.15, 0.2) is 5.82 Å². The Morgan fingerprint density at radius 1 is 1.17 bits per heavy atom. The van der Waals surface area contributed by atoms with Crippen LogP contribution in [0.2, 0.25) is 0 Å². The first kappa shape index (κ1) is 14.6. The number of aromatic nitrogens is 1. The van der Waals surface area contributed by atoms with Crippen LogP contribution < -0.4 is 10.2 Å². The second kappa shape index (κ2) is 6.23. The lowest BCUT2D eigenvalue weighted by molar-refractivity contribution is 0.0972. The van der Waals surface area contributed by atoms with E-state index in [9.17, 15) is 4.79 Å². The molecule has 4 rings (SSSR count). The Balaban J connectivity index is 1.40. The molecule has 2 aliphatic heterocycles. The van der Waals surface area contributed by atoms with Gasteiger partial charge in [-0.15, -0.1) is 0 Å². The summed E-state index contributed by atoms with van der Waals surface area (Å²) in [5, 5.41) is 3.23. The van der Waals surface area contributed by atoms with Crippen LogP contribution in [0.15, 0.2) is 60.6 Å². The molecule has 1 fully saturated rings. The summed E-state index contributed by atoms with van der Waals surface area (Å²) in [5.74, 6) is 0.910. The summed E-state index contributed by atoms with van der Waals surface area (Å²) in [5.41, 5.74) is 2.99. The van der Waals surface area contributed by atoms with Gasteiger partial charge in [0.2, 0.25) is 0 Å². The number of nitrogens with one attached hydrogen (secondary N) is 1. The molecule has 0 radical (unpaired) electrons. The minimum absolute atomic E-state index is 0.286. The van der Waals surface area contributed by atoms with Crippen LogP contribution in [-0.4, -0.2) is 35.6 Å². The molecule has 0 bridgehead atoms. The largest absolute Gasteiger partial charge is 0.445 e. The van der Waals surface area contributed by atoms with Gasteiger partial charge in [-0.2, -0.15) is 0 Å². The number of amides is 1. The van der Waals surface area contributed by atoms with E-state index in [1.54, 1.807) is 11.1 Å². The normalized spacial score (nSPS) is 15.8. The molecule has 6 heteroatoms. The van der Waals surface area contributed by atoms with Crippen LogP contribution >= 0.6 is 0 Å². The van der Waals surface area contributed by atoms with Crippen LogP contribution in [0, 0.1) is 0 Å². The summed E-state index contributed by atoms with van der Waals surface area (Å²) in [7, 11) is 0. The molecule has 2 aliphatic rings. The molecule has 24 heavy (non-hydrogen) atoms. The van der Waals surface area contributed by atoms with E-state index in [2.05, 4.69) is 15.2 Å². The zero-order valence-electron chi connectivity index (χ0n) is 13.2. The van der Waals surface area contributed by atoms with Gasteiger partial charge in [-0.3, -0.25) is 0 Å². The highest BCUT2D eigenvalue weighted by Crippen LogP contribution is 2.31. The average molecular weight is 322 g/mol. The van der Waals surface area contributed by atoms with Crippen molar-refractivity contribution in [3.05, 3.63) is 66.1 Å². The van der Waals surface area contributed by atoms with Crippen molar-refractivity contribution in [1.82, 2.24) is 9.88 Å². The molecule has 0 saturated carbocycles. The standard InChI is InChI=1S/C18H18N4O2/c23-18(24-13-14-5-2-1-3-6-14)21-9-10-22-15(12-21)11-20-16-7-4-8-19-17(16)22/h1-8,11,20H,9-10,12-13H2. The maximum absolute atomic E-state index is 12.3. The molecule has 0 aliphatic carbocycles. The quantitative estimate of drug-likeness (QED) is 0.921. The van der Waals surface area contributed by atoms with Gasteiger partial charge in [0.25, 0.3) is 0 Å². The Labute approximate surface area is 140 Å². The SMILES string of the molecule is O=C(OCc1ccccc1)N1CCN2C(=CNc3cccnc32)C1. The number of carbonyl (C=O) groups excluding carboxylic acids is 1. The molecule has 1 aromatic heterocycles. The van der Waals surface area contributed by atoms with Crippen LogP contribution in [0.4, 0.5) is 16.3 Å². The van der Waals surface area contributed by atoms with Gasteiger partial charge in [0.05, 0.1) is 17.9 Å². The number of ether oxygens (including phenoxy) is 1. The van der Waals surface area contributed by atoms with E-state index in [4.69, 9.17) is 4.74 Å². The summed E-state index contributed by atoms with van der Waals surface area (Å²) in [6.07, 6.45) is 3.43. The van der Waals surface area contributed by atoms with E-state index in [0.717, 1.165) is 22.8 Å². The zero-order chi connectivity index (χ0) is 16.4. The van der Waals surface area contributed by atoms with Crippen molar-refractivity contribution in [3.63, 3.8) is 0 Å². The lowest BCUT2D eigenvalue weighted by Crippen LogP contribution is -2.49. The van der Waals surface area contributed by atoms with E-state index >= 15 is 0 Å². The first-order chi connectivity index (χ1) is 11.8. The Morgan fingerprint density at radius 3 is 2.92 bits per heavy atom. The average Bonchev–Trinajstić information content (AvgIpc) is 2.66. The van der Waals surface area contributed by atoms with Gasteiger partial charge in [-0.25, -0.2) is 9.78 Å². The fourth-order valence-electron chi connectivity index (χ4n) is 2.94. The first-order valence-corrected chi connectivity index (χ1v) is 7.95. The van der Waals surface area contributed by atoms with Crippen molar-refractivity contribution in [2.24, 2.45) is 0 Å². The number of benzene rings is 1. The monoisotopic (exact) mass is 322 g/mol. The third kappa shape index (κ3) is 2.78. The number of hydrogen-bond donors (Lipinski definition) is 1. The van der Waals surface area contributed by atoms with Crippen molar-refractivity contribution in [1.29, 1.82) is 0 Å². The number of piperazine rings is 1. The van der Waals surface area contributed by atoms with Gasteiger partial charge in [-0.05, 0) is 17.7 Å². The number of carbonyl (C=O) groups is 1. The molecule has 0 spiro atoms. The second-order valence-electron chi connectivity index (χ2n) is 5.77. The smallest absolute Gasteiger partial charge is 0.410 e. The van der Waals surface area contributed by atoms with Crippen molar-refractivity contribution in [2.75, 3.05) is 29.9 Å². The summed E-state index contributed by atoms with van der Waals surface area (Å²) < 4.78 is 5.42. The van der Waals surface area contributed by atoms with Gasteiger partial charge in [-0.1, -0.05) is 30.3 Å². The molecular formula is C18H18N4O2. The van der Waals surface area contributed by atoms with E-state index in [1.165, 1.54) is 0 Å². The van der Waals surface area contributed by atoms with Crippen LogP contribution in [0.25, 0.3) is 0 Å². The molecule has 1 aromatic carbocycles. The van der Waals surface area contributed by atoms with E-state index in [-0.39, 0.29) is 6.09 Å². The van der Waals surface area contributed by atoms with Crippen LogP contribution in [0.3, 0.4) is 0 Å². The fourth-order valence-corrected chi connectivity index (χ4v) is 2.94. The number of hydrogen-bond acceptors (Lipinski definition) is 5. The van der Waals surface area contributed by atoms with E-state index in [1.807, 2.05) is 48.7 Å². The predicted octanol–water partition coefficient (Wildman–Crippen LogP) is 2.81. The highest BCUT2D eigenvalue weighted by molar-refractivity contribution is 5.74. The Bertz CT molecular complexity index is 776. The van der Waals surface area contributed by atoms with Gasteiger partial charge in [0, 0.05) is 25.5 Å². The number of pyridine rings is 1. The summed E-state index contributed by atoms with van der Waals surface area (Å²) >= 11 is 0. The number of fused-ring (bicyclic) bond motifs is 3. The maximum atomic E-state index is 12.3. The maximum Gasteiger partial charge on any atom is 0.410 e. The van der Waals surface area contributed by atoms with Gasteiger partial charge < -0.3 is 19.9 Å². The third-order valence-electron chi connectivity index (χ3n) is 4.19. The van der Waals surface area contributed by atoms with Crippen molar-refractivity contribution in [3.8, 4) is 0 Å². The Morgan fingerprint density at radius 2 is 2.04 bits per heavy atom. The molecule has 122 valence electrons.